The number of anilines is 2. The van der Waals surface area contributed by atoms with E-state index in [0.29, 0.717) is 0 Å². The lowest BCUT2D eigenvalue weighted by molar-refractivity contribution is 0.247. The molecule has 0 atom stereocenters. The lowest BCUT2D eigenvalue weighted by atomic mass is 10.1. The van der Waals surface area contributed by atoms with Gasteiger partial charge in [-0.15, -0.1) is 0 Å². The minimum atomic E-state index is 0.738. The van der Waals surface area contributed by atoms with Gasteiger partial charge in [0.15, 0.2) is 0 Å². The number of para-hydroxylation sites is 1. The van der Waals surface area contributed by atoms with Crippen molar-refractivity contribution in [1.29, 1.82) is 0 Å². The second-order valence-corrected chi connectivity index (χ2v) is 8.38. The standard InChI is InChI=1S/C26H29N5O/c1-19-16-20(8-10-24(19)32-2)26-23(31-17-21(27)9-11-25(31)28-26)18-29-12-14-30(15-13-29)22-6-4-3-5-7-22/h3-11,16-17H,12-15,18,27H2,1-2H3. The van der Waals surface area contributed by atoms with Crippen molar-refractivity contribution in [3.05, 3.63) is 78.1 Å². The number of methoxy groups -OCH3 is 1. The van der Waals surface area contributed by atoms with Crippen LogP contribution >= 0.6 is 0 Å². The number of nitrogens with two attached hydrogens (primary N) is 1. The minimum absolute atomic E-state index is 0.738. The molecule has 6 heteroatoms. The van der Waals surface area contributed by atoms with Crippen molar-refractivity contribution in [2.24, 2.45) is 0 Å². The summed E-state index contributed by atoms with van der Waals surface area (Å²) < 4.78 is 7.60. The van der Waals surface area contributed by atoms with Gasteiger partial charge in [0.1, 0.15) is 11.4 Å². The van der Waals surface area contributed by atoms with E-state index in [2.05, 4.69) is 63.6 Å². The van der Waals surface area contributed by atoms with Gasteiger partial charge >= 0.3 is 0 Å². The van der Waals surface area contributed by atoms with Crippen LogP contribution in [0.25, 0.3) is 16.9 Å². The van der Waals surface area contributed by atoms with Crippen LogP contribution in [0.15, 0.2) is 66.9 Å². The Morgan fingerprint density at radius 1 is 0.969 bits per heavy atom. The minimum Gasteiger partial charge on any atom is -0.496 e. The summed E-state index contributed by atoms with van der Waals surface area (Å²) in [7, 11) is 1.70. The van der Waals surface area contributed by atoms with Crippen LogP contribution in [0.2, 0.25) is 0 Å². The highest BCUT2D eigenvalue weighted by Crippen LogP contribution is 2.30. The molecule has 2 aromatic heterocycles. The first-order valence-corrected chi connectivity index (χ1v) is 11.1. The highest BCUT2D eigenvalue weighted by Gasteiger charge is 2.22. The van der Waals surface area contributed by atoms with Crippen molar-refractivity contribution in [1.82, 2.24) is 14.3 Å². The van der Waals surface area contributed by atoms with Gasteiger partial charge < -0.3 is 19.8 Å². The third kappa shape index (κ3) is 3.89. The molecule has 2 N–H and O–H groups in total. The number of ether oxygens (including phenoxy) is 1. The van der Waals surface area contributed by atoms with E-state index in [-0.39, 0.29) is 0 Å². The Labute approximate surface area is 188 Å². The highest BCUT2D eigenvalue weighted by molar-refractivity contribution is 5.69. The average molecular weight is 428 g/mol. The van der Waals surface area contributed by atoms with Crippen LogP contribution < -0.4 is 15.4 Å². The zero-order valence-electron chi connectivity index (χ0n) is 18.7. The van der Waals surface area contributed by atoms with E-state index in [1.54, 1.807) is 7.11 Å². The summed E-state index contributed by atoms with van der Waals surface area (Å²) >= 11 is 0. The molecule has 4 aromatic rings. The van der Waals surface area contributed by atoms with Gasteiger partial charge in [0.2, 0.25) is 0 Å². The van der Waals surface area contributed by atoms with Gasteiger partial charge in [0, 0.05) is 55.9 Å². The van der Waals surface area contributed by atoms with Gasteiger partial charge in [-0.3, -0.25) is 4.90 Å². The Hall–Kier alpha value is -3.51. The molecular weight excluding hydrogens is 398 g/mol. The van der Waals surface area contributed by atoms with Gasteiger partial charge in [-0.25, -0.2) is 4.98 Å². The van der Waals surface area contributed by atoms with Crippen LogP contribution in [0.1, 0.15) is 11.3 Å². The number of piperazine rings is 1. The number of nitrogens with zero attached hydrogens (tertiary/aromatic N) is 4. The number of aryl methyl sites for hydroxylation is 1. The largest absolute Gasteiger partial charge is 0.496 e. The predicted molar refractivity (Wildman–Crippen MR) is 130 cm³/mol. The smallest absolute Gasteiger partial charge is 0.137 e. The maximum atomic E-state index is 6.13. The van der Waals surface area contributed by atoms with Crippen molar-refractivity contribution in [3.8, 4) is 17.0 Å². The second kappa shape index (κ2) is 8.55. The number of hydrogen-bond acceptors (Lipinski definition) is 5. The molecule has 0 spiro atoms. The van der Waals surface area contributed by atoms with E-state index < -0.39 is 0 Å². The van der Waals surface area contributed by atoms with Crippen molar-refractivity contribution >= 4 is 17.0 Å². The summed E-state index contributed by atoms with van der Waals surface area (Å²) in [4.78, 5) is 9.94. The quantitative estimate of drug-likeness (QED) is 0.517. The summed E-state index contributed by atoms with van der Waals surface area (Å²) in [5, 5.41) is 0. The van der Waals surface area contributed by atoms with Crippen molar-refractivity contribution in [2.75, 3.05) is 43.9 Å². The van der Waals surface area contributed by atoms with E-state index in [1.165, 1.54) is 11.4 Å². The number of fused-ring (bicyclic) bond motifs is 1. The average Bonchev–Trinajstić information content (AvgIpc) is 3.17. The third-order valence-electron chi connectivity index (χ3n) is 6.28. The molecule has 6 nitrogen and oxygen atoms in total. The SMILES string of the molecule is COc1ccc(-c2nc3ccc(N)cn3c2CN2CCN(c3ccccc3)CC2)cc1C. The van der Waals surface area contributed by atoms with Gasteiger partial charge in [-0.1, -0.05) is 18.2 Å². The molecule has 32 heavy (non-hydrogen) atoms. The fourth-order valence-corrected chi connectivity index (χ4v) is 4.53. The van der Waals surface area contributed by atoms with Gasteiger partial charge in [-0.2, -0.15) is 0 Å². The molecule has 0 radical (unpaired) electrons. The monoisotopic (exact) mass is 427 g/mol. The molecule has 164 valence electrons. The van der Waals surface area contributed by atoms with E-state index in [9.17, 15) is 0 Å². The second-order valence-electron chi connectivity index (χ2n) is 8.38. The Bertz CT molecular complexity index is 1230. The lowest BCUT2D eigenvalue weighted by Crippen LogP contribution is -2.46. The number of aromatic nitrogens is 2. The number of rotatable bonds is 5. The van der Waals surface area contributed by atoms with E-state index >= 15 is 0 Å². The van der Waals surface area contributed by atoms with E-state index in [0.717, 1.165) is 66.6 Å². The first-order chi connectivity index (χ1) is 15.6. The summed E-state index contributed by atoms with van der Waals surface area (Å²) in [6.45, 7) is 6.93. The third-order valence-corrected chi connectivity index (χ3v) is 6.28. The van der Waals surface area contributed by atoms with E-state index in [1.807, 2.05) is 24.4 Å². The first-order valence-electron chi connectivity index (χ1n) is 11.1. The Morgan fingerprint density at radius 2 is 1.75 bits per heavy atom. The molecule has 1 saturated heterocycles. The predicted octanol–water partition coefficient (Wildman–Crippen LogP) is 4.22. The number of benzene rings is 2. The summed E-state index contributed by atoms with van der Waals surface area (Å²) in [6, 6.07) is 20.8. The Kier molecular flexibility index (Phi) is 5.45. The molecule has 0 aliphatic carbocycles. The zero-order valence-corrected chi connectivity index (χ0v) is 18.7. The Balaban J connectivity index is 1.45. The molecule has 2 aromatic carbocycles. The van der Waals surface area contributed by atoms with Crippen LogP contribution in [0.5, 0.6) is 5.75 Å². The molecule has 0 unspecified atom stereocenters. The normalized spacial score (nSPS) is 14.8. The van der Waals surface area contributed by atoms with Crippen molar-refractivity contribution < 1.29 is 4.74 Å². The number of imidazole rings is 1. The van der Waals surface area contributed by atoms with E-state index in [4.69, 9.17) is 15.5 Å². The van der Waals surface area contributed by atoms with Crippen molar-refractivity contribution in [3.63, 3.8) is 0 Å². The van der Waals surface area contributed by atoms with Crippen LogP contribution in [0.3, 0.4) is 0 Å². The van der Waals surface area contributed by atoms with Crippen LogP contribution in [-0.2, 0) is 6.54 Å². The maximum absolute atomic E-state index is 6.13. The van der Waals surface area contributed by atoms with Gasteiger partial charge in [-0.05, 0) is 55.0 Å². The molecule has 3 heterocycles. The molecule has 1 fully saturated rings. The zero-order chi connectivity index (χ0) is 22.1. The summed E-state index contributed by atoms with van der Waals surface area (Å²) in [6.07, 6.45) is 1.98. The molecule has 1 aliphatic rings. The Morgan fingerprint density at radius 3 is 2.47 bits per heavy atom. The first kappa shape index (κ1) is 20.4. The summed E-state index contributed by atoms with van der Waals surface area (Å²) in [5.74, 6) is 0.889. The number of hydrogen-bond donors (Lipinski definition) is 1. The molecular formula is C26H29N5O. The maximum Gasteiger partial charge on any atom is 0.137 e. The lowest BCUT2D eigenvalue weighted by Gasteiger charge is -2.36. The molecule has 0 saturated carbocycles. The van der Waals surface area contributed by atoms with Gasteiger partial charge in [0.25, 0.3) is 0 Å². The van der Waals surface area contributed by atoms with Crippen LogP contribution in [0.4, 0.5) is 11.4 Å². The van der Waals surface area contributed by atoms with Crippen LogP contribution in [-0.4, -0.2) is 47.6 Å². The summed E-state index contributed by atoms with van der Waals surface area (Å²) in [5.41, 5.74) is 13.5. The molecule has 0 amide bonds. The number of nitrogen functional groups attached to an aromatic ring is 1. The fourth-order valence-electron chi connectivity index (χ4n) is 4.53. The topological polar surface area (TPSA) is 59.0 Å². The molecule has 0 bridgehead atoms. The fraction of sp³-hybridized carbons (Fsp3) is 0.269. The highest BCUT2D eigenvalue weighted by atomic mass is 16.5. The van der Waals surface area contributed by atoms with Gasteiger partial charge in [0.05, 0.1) is 18.5 Å². The number of pyridine rings is 1. The van der Waals surface area contributed by atoms with Crippen LogP contribution in [0, 0.1) is 6.92 Å². The molecule has 1 aliphatic heterocycles. The van der Waals surface area contributed by atoms with Crippen molar-refractivity contribution in [2.45, 2.75) is 13.5 Å². The molecule has 5 rings (SSSR count).